The lowest BCUT2D eigenvalue weighted by molar-refractivity contribution is 0.281. The van der Waals surface area contributed by atoms with Gasteiger partial charge in [0, 0.05) is 18.0 Å². The first-order chi connectivity index (χ1) is 9.44. The van der Waals surface area contributed by atoms with Gasteiger partial charge in [-0.15, -0.1) is 0 Å². The Bertz CT molecular complexity index is 720. The minimum Gasteiger partial charge on any atom is -0.392 e. The zero-order valence-corrected chi connectivity index (χ0v) is 11.4. The average molecular weight is 297 g/mol. The molecule has 0 aliphatic rings. The Morgan fingerprint density at radius 2 is 1.95 bits per heavy atom. The van der Waals surface area contributed by atoms with E-state index >= 15 is 0 Å². The number of sulfonamides is 1. The molecule has 0 aliphatic heterocycles. The highest BCUT2D eigenvalue weighted by Crippen LogP contribution is 2.22. The van der Waals surface area contributed by atoms with E-state index in [0.717, 1.165) is 6.07 Å². The Morgan fingerprint density at radius 3 is 2.55 bits per heavy atom. The normalized spacial score (nSPS) is 11.3. The van der Waals surface area contributed by atoms with Crippen LogP contribution in [0.2, 0.25) is 0 Å². The molecule has 6 nitrogen and oxygen atoms in total. The maximum absolute atomic E-state index is 13.7. The van der Waals surface area contributed by atoms with E-state index in [9.17, 15) is 12.8 Å². The van der Waals surface area contributed by atoms with Crippen LogP contribution >= 0.6 is 0 Å². The molecule has 2 N–H and O–H groups in total. The van der Waals surface area contributed by atoms with Crippen molar-refractivity contribution >= 4 is 16.0 Å². The zero-order chi connectivity index (χ0) is 14.8. The van der Waals surface area contributed by atoms with Gasteiger partial charge in [-0.3, -0.25) is 0 Å². The molecule has 0 saturated carbocycles. The topological polar surface area (TPSA) is 92.2 Å². The van der Waals surface area contributed by atoms with E-state index in [1.807, 2.05) is 0 Å². The van der Waals surface area contributed by atoms with Gasteiger partial charge in [0.2, 0.25) is 5.95 Å². The van der Waals surface area contributed by atoms with E-state index in [1.165, 1.54) is 31.5 Å². The van der Waals surface area contributed by atoms with Crippen LogP contribution in [-0.2, 0) is 16.6 Å². The first-order valence-corrected chi connectivity index (χ1v) is 7.12. The van der Waals surface area contributed by atoms with Crippen LogP contribution in [0, 0.1) is 12.7 Å². The standard InChI is InChI=1S/C12H12FN3O3S/c1-8-10(13)5-9(7-17)6-11(8)20(18,19)16-12-14-3-2-4-15-12/h2-6,17H,7H2,1H3,(H,14,15,16). The lowest BCUT2D eigenvalue weighted by atomic mass is 10.1. The predicted octanol–water partition coefficient (Wildman–Crippen LogP) is 1.22. The summed E-state index contributed by atoms with van der Waals surface area (Å²) in [5.74, 6) is -0.812. The summed E-state index contributed by atoms with van der Waals surface area (Å²) in [4.78, 5) is 7.22. The number of halogens is 1. The van der Waals surface area contributed by atoms with E-state index in [-0.39, 0.29) is 22.0 Å². The molecule has 0 unspecified atom stereocenters. The number of anilines is 1. The van der Waals surface area contributed by atoms with Crippen LogP contribution < -0.4 is 4.72 Å². The summed E-state index contributed by atoms with van der Waals surface area (Å²) >= 11 is 0. The summed E-state index contributed by atoms with van der Waals surface area (Å²) in [6.45, 7) is 0.887. The molecule has 106 valence electrons. The molecule has 0 radical (unpaired) electrons. The number of hydrogen-bond donors (Lipinski definition) is 2. The van der Waals surface area contributed by atoms with Gasteiger partial charge < -0.3 is 5.11 Å². The molecule has 0 saturated heterocycles. The van der Waals surface area contributed by atoms with Crippen LogP contribution in [0.25, 0.3) is 0 Å². The summed E-state index contributed by atoms with van der Waals surface area (Å²) in [6.07, 6.45) is 2.75. The molecular weight excluding hydrogens is 285 g/mol. The molecule has 20 heavy (non-hydrogen) atoms. The molecule has 1 aromatic carbocycles. The Morgan fingerprint density at radius 1 is 1.30 bits per heavy atom. The molecule has 0 fully saturated rings. The second-order valence-corrected chi connectivity index (χ2v) is 5.69. The molecule has 0 aliphatic carbocycles. The van der Waals surface area contributed by atoms with Crippen molar-refractivity contribution in [1.82, 2.24) is 9.97 Å². The van der Waals surface area contributed by atoms with Crippen LogP contribution in [0.1, 0.15) is 11.1 Å². The van der Waals surface area contributed by atoms with Gasteiger partial charge in [0.15, 0.2) is 0 Å². The highest BCUT2D eigenvalue weighted by Gasteiger charge is 2.21. The number of aromatic nitrogens is 2. The first-order valence-electron chi connectivity index (χ1n) is 5.64. The third-order valence-electron chi connectivity index (χ3n) is 2.62. The van der Waals surface area contributed by atoms with Gasteiger partial charge in [-0.2, -0.15) is 0 Å². The molecule has 1 aromatic heterocycles. The molecule has 0 atom stereocenters. The largest absolute Gasteiger partial charge is 0.392 e. The number of nitrogens with zero attached hydrogens (tertiary/aromatic N) is 2. The van der Waals surface area contributed by atoms with Crippen LogP contribution in [-0.4, -0.2) is 23.5 Å². The molecule has 0 spiro atoms. The Labute approximate surface area is 115 Å². The summed E-state index contributed by atoms with van der Waals surface area (Å²) in [7, 11) is -4.03. The number of hydrogen-bond acceptors (Lipinski definition) is 5. The molecule has 8 heteroatoms. The van der Waals surface area contributed by atoms with Crippen molar-refractivity contribution in [3.8, 4) is 0 Å². The van der Waals surface area contributed by atoms with Crippen LogP contribution in [0.3, 0.4) is 0 Å². The highest BCUT2D eigenvalue weighted by atomic mass is 32.2. The summed E-state index contributed by atoms with van der Waals surface area (Å²) in [5.41, 5.74) is 0.132. The molecule has 0 amide bonds. The third-order valence-corrected chi connectivity index (χ3v) is 4.07. The quantitative estimate of drug-likeness (QED) is 0.885. The Kier molecular flexibility index (Phi) is 3.96. The second-order valence-electron chi connectivity index (χ2n) is 4.04. The van der Waals surface area contributed by atoms with Crippen molar-refractivity contribution in [2.45, 2.75) is 18.4 Å². The minimum absolute atomic E-state index is 0.0365. The number of nitrogens with one attached hydrogen (secondary N) is 1. The lowest BCUT2D eigenvalue weighted by Crippen LogP contribution is -2.17. The molecule has 1 heterocycles. The second kappa shape index (κ2) is 5.51. The molecule has 0 bridgehead atoms. The van der Waals surface area contributed by atoms with Gasteiger partial charge in [-0.1, -0.05) is 0 Å². The van der Waals surface area contributed by atoms with Gasteiger partial charge in [-0.05, 0) is 30.7 Å². The smallest absolute Gasteiger partial charge is 0.264 e. The van der Waals surface area contributed by atoms with Crippen molar-refractivity contribution in [2.24, 2.45) is 0 Å². The first kappa shape index (κ1) is 14.4. The number of benzene rings is 1. The Balaban J connectivity index is 2.47. The van der Waals surface area contributed by atoms with Crippen LogP contribution in [0.15, 0.2) is 35.5 Å². The Hall–Kier alpha value is -2.06. The molecule has 2 rings (SSSR count). The van der Waals surface area contributed by atoms with Crippen molar-refractivity contribution in [2.75, 3.05) is 4.72 Å². The maximum atomic E-state index is 13.7. The van der Waals surface area contributed by atoms with Gasteiger partial charge >= 0.3 is 0 Å². The SMILES string of the molecule is Cc1c(F)cc(CO)cc1S(=O)(=O)Nc1ncccn1. The summed E-state index contributed by atoms with van der Waals surface area (Å²) in [6, 6.07) is 3.84. The molecule has 2 aromatic rings. The number of aliphatic hydroxyl groups is 1. The van der Waals surface area contributed by atoms with Crippen molar-refractivity contribution in [1.29, 1.82) is 0 Å². The van der Waals surface area contributed by atoms with E-state index in [0.29, 0.717) is 0 Å². The van der Waals surface area contributed by atoms with Crippen molar-refractivity contribution < 1.29 is 17.9 Å². The van der Waals surface area contributed by atoms with Gasteiger partial charge in [-0.25, -0.2) is 27.5 Å². The van der Waals surface area contributed by atoms with Crippen LogP contribution in [0.5, 0.6) is 0 Å². The number of rotatable bonds is 4. The van der Waals surface area contributed by atoms with Crippen molar-refractivity contribution in [3.63, 3.8) is 0 Å². The van der Waals surface area contributed by atoms with Crippen LogP contribution in [0.4, 0.5) is 10.3 Å². The average Bonchev–Trinajstić information content (AvgIpc) is 2.42. The minimum atomic E-state index is -4.03. The van der Waals surface area contributed by atoms with Crippen molar-refractivity contribution in [3.05, 3.63) is 47.5 Å². The highest BCUT2D eigenvalue weighted by molar-refractivity contribution is 7.92. The van der Waals surface area contributed by atoms with E-state index in [2.05, 4.69) is 14.7 Å². The fourth-order valence-corrected chi connectivity index (χ4v) is 2.87. The monoisotopic (exact) mass is 297 g/mol. The van der Waals surface area contributed by atoms with E-state index in [4.69, 9.17) is 5.11 Å². The summed E-state index contributed by atoms with van der Waals surface area (Å²) < 4.78 is 40.2. The summed E-state index contributed by atoms with van der Waals surface area (Å²) in [5, 5.41) is 9.03. The molecular formula is C12H12FN3O3S. The van der Waals surface area contributed by atoms with E-state index in [1.54, 1.807) is 0 Å². The predicted molar refractivity (Wildman–Crippen MR) is 69.9 cm³/mol. The van der Waals surface area contributed by atoms with Gasteiger partial charge in [0.25, 0.3) is 10.0 Å². The fraction of sp³-hybridized carbons (Fsp3) is 0.167. The van der Waals surface area contributed by atoms with E-state index < -0.39 is 22.4 Å². The lowest BCUT2D eigenvalue weighted by Gasteiger charge is -2.11. The zero-order valence-electron chi connectivity index (χ0n) is 10.5. The fourth-order valence-electron chi connectivity index (χ4n) is 1.60. The maximum Gasteiger partial charge on any atom is 0.264 e. The third kappa shape index (κ3) is 2.91. The van der Waals surface area contributed by atoms with Gasteiger partial charge in [0.1, 0.15) is 5.82 Å². The van der Waals surface area contributed by atoms with Gasteiger partial charge in [0.05, 0.1) is 11.5 Å². The number of aliphatic hydroxyl groups excluding tert-OH is 1.